The smallest absolute Gasteiger partial charge is 0.257 e. The molecule has 0 bridgehead atoms. The highest BCUT2D eigenvalue weighted by Crippen LogP contribution is 2.37. The third-order valence-corrected chi connectivity index (χ3v) is 14.9. The van der Waals surface area contributed by atoms with Gasteiger partial charge in [0.25, 0.3) is 11.5 Å². The molecule has 6 aromatic rings. The van der Waals surface area contributed by atoms with E-state index in [-0.39, 0.29) is 35.0 Å². The number of nitrogens with zero attached hydrogens (tertiary/aromatic N) is 8. The Morgan fingerprint density at radius 1 is 0.944 bits per heavy atom. The van der Waals surface area contributed by atoms with Crippen LogP contribution in [0.15, 0.2) is 77.9 Å². The Kier molecular flexibility index (Phi) is 13.1. The van der Waals surface area contributed by atoms with Gasteiger partial charge in [-0.3, -0.25) is 43.5 Å². The van der Waals surface area contributed by atoms with Crippen LogP contribution >= 0.6 is 0 Å². The van der Waals surface area contributed by atoms with Crippen molar-refractivity contribution in [1.82, 2.24) is 43.9 Å². The summed E-state index contributed by atoms with van der Waals surface area (Å²) >= 11 is 0. The minimum absolute atomic E-state index is 0.0539. The van der Waals surface area contributed by atoms with Crippen molar-refractivity contribution in [2.24, 2.45) is 7.05 Å². The van der Waals surface area contributed by atoms with Crippen molar-refractivity contribution in [3.8, 4) is 11.4 Å². The highest BCUT2D eigenvalue weighted by atomic mass is 19.1. The summed E-state index contributed by atoms with van der Waals surface area (Å²) in [6.07, 6.45) is 8.18. The number of anilines is 2. The van der Waals surface area contributed by atoms with Crippen molar-refractivity contribution in [3.05, 3.63) is 134 Å². The summed E-state index contributed by atoms with van der Waals surface area (Å²) < 4.78 is 42.0. The van der Waals surface area contributed by atoms with E-state index in [0.717, 1.165) is 59.7 Å². The zero-order valence-electron chi connectivity index (χ0n) is 40.7. The fourth-order valence-electron chi connectivity index (χ4n) is 11.0. The third kappa shape index (κ3) is 9.33. The number of hydrogen-bond acceptors (Lipinski definition) is 11. The molecule has 10 rings (SSSR count). The standard InChI is InChI=1S/C53H59F2N11O5/c1-31-22-36(23-40(54)50(31)34-13-18-63(19-14-34)32(2)46-26-39-45(10-15-57-51(39)61(46)4)65-30-41(55)44(56-3)27-49(65)68)53(70)64-20-21-66-38(29-64)25-37(60-66)28-62-16-11-33(12-17-62)35-6-7-42(47(24-35)71-5)58-43-8-9-48(67)59-52(43)69/h6-7,10,13,15,22-27,30,32-33,43,56,58H,8-9,11-12,14,16-21,28-29H2,1-5H3,(H,59,67,69)/t32-,43-/m0/s1. The Labute approximate surface area is 410 Å². The maximum absolute atomic E-state index is 16.2. The van der Waals surface area contributed by atoms with Crippen LogP contribution in [0.5, 0.6) is 5.75 Å². The number of nitrogens with one attached hydrogen (secondary N) is 3. The number of pyridine rings is 2. The second-order valence-corrected chi connectivity index (χ2v) is 19.2. The van der Waals surface area contributed by atoms with Crippen LogP contribution < -0.4 is 26.2 Å². The van der Waals surface area contributed by atoms with Gasteiger partial charge in [0.05, 0.1) is 54.8 Å². The normalized spacial score (nSPS) is 18.5. The maximum atomic E-state index is 16.2. The number of methoxy groups -OCH3 is 1. The van der Waals surface area contributed by atoms with Crippen LogP contribution in [-0.2, 0) is 36.3 Å². The molecule has 8 heterocycles. The summed E-state index contributed by atoms with van der Waals surface area (Å²) in [4.78, 5) is 62.0. The number of aromatic nitrogens is 5. The van der Waals surface area contributed by atoms with Gasteiger partial charge in [-0.1, -0.05) is 12.1 Å². The van der Waals surface area contributed by atoms with Crippen LogP contribution in [0.3, 0.4) is 0 Å². The summed E-state index contributed by atoms with van der Waals surface area (Å²) in [6.45, 7) is 9.16. The lowest BCUT2D eigenvalue weighted by Crippen LogP contribution is -2.47. The Morgan fingerprint density at radius 2 is 1.76 bits per heavy atom. The number of rotatable bonds is 12. The Bertz CT molecular complexity index is 3150. The SMILES string of the molecule is CNc1cc(=O)n(-c2ccnc3c2cc([C@H](C)N2CC=C(c4c(C)cc(C(=O)N5CCn6nc(CN7CCC(c8ccc(N[C@H]9CCC(=O)NC9=O)c(OC)c8)CC7)cc6C5)cc4F)CC2)n3C)cc1F. The van der Waals surface area contributed by atoms with Crippen molar-refractivity contribution in [2.75, 3.05) is 57.5 Å². The molecule has 2 aromatic carbocycles. The van der Waals surface area contributed by atoms with Gasteiger partial charge in [-0.2, -0.15) is 5.10 Å². The van der Waals surface area contributed by atoms with Gasteiger partial charge in [0.2, 0.25) is 11.8 Å². The predicted molar refractivity (Wildman–Crippen MR) is 267 cm³/mol. The van der Waals surface area contributed by atoms with Gasteiger partial charge in [0.15, 0.2) is 5.82 Å². The lowest BCUT2D eigenvalue weighted by atomic mass is 9.89. The molecule has 0 saturated carbocycles. The Balaban J connectivity index is 0.745. The summed E-state index contributed by atoms with van der Waals surface area (Å²) in [7, 11) is 5.12. The molecule has 0 unspecified atom stereocenters. The molecule has 16 nitrogen and oxygen atoms in total. The van der Waals surface area contributed by atoms with E-state index < -0.39 is 17.7 Å². The molecule has 71 heavy (non-hydrogen) atoms. The molecular weight excluding hydrogens is 909 g/mol. The van der Waals surface area contributed by atoms with Gasteiger partial charge in [-0.15, -0.1) is 0 Å². The Hall–Kier alpha value is -7.18. The maximum Gasteiger partial charge on any atom is 0.257 e. The highest BCUT2D eigenvalue weighted by molar-refractivity contribution is 6.01. The largest absolute Gasteiger partial charge is 0.495 e. The number of fused-ring (bicyclic) bond motifs is 2. The zero-order valence-corrected chi connectivity index (χ0v) is 40.7. The van der Waals surface area contributed by atoms with E-state index in [2.05, 4.69) is 55.9 Å². The molecule has 0 spiro atoms. The molecule has 4 aliphatic heterocycles. The van der Waals surface area contributed by atoms with Crippen molar-refractivity contribution < 1.29 is 27.9 Å². The van der Waals surface area contributed by atoms with Gasteiger partial charge < -0.3 is 24.8 Å². The van der Waals surface area contributed by atoms with Gasteiger partial charge >= 0.3 is 0 Å². The van der Waals surface area contributed by atoms with Gasteiger partial charge in [-0.25, -0.2) is 13.8 Å². The number of benzene rings is 2. The molecule has 18 heteroatoms. The second-order valence-electron chi connectivity index (χ2n) is 19.2. The first-order chi connectivity index (χ1) is 34.3. The number of carbonyl (C=O) groups is 3. The van der Waals surface area contributed by atoms with E-state index in [1.807, 2.05) is 47.5 Å². The second kappa shape index (κ2) is 19.5. The molecule has 0 radical (unpaired) electrons. The molecule has 2 fully saturated rings. The number of halogens is 2. The minimum Gasteiger partial charge on any atom is -0.495 e. The summed E-state index contributed by atoms with van der Waals surface area (Å²) in [5.74, 6) is -0.696. The van der Waals surface area contributed by atoms with E-state index in [1.54, 1.807) is 31.3 Å². The molecule has 0 aliphatic carbocycles. The van der Waals surface area contributed by atoms with Gasteiger partial charge in [-0.05, 0) is 118 Å². The fraction of sp³-hybridized carbons (Fsp3) is 0.396. The molecular formula is C53H59F2N11O5. The summed E-state index contributed by atoms with van der Waals surface area (Å²) in [5.41, 5.74) is 8.28. The summed E-state index contributed by atoms with van der Waals surface area (Å²) in [5, 5.41) is 14.0. The zero-order chi connectivity index (χ0) is 49.7. The lowest BCUT2D eigenvalue weighted by molar-refractivity contribution is -0.133. The minimum atomic E-state index is -0.537. The van der Waals surface area contributed by atoms with Crippen LogP contribution in [-0.4, -0.2) is 109 Å². The van der Waals surface area contributed by atoms with Crippen molar-refractivity contribution in [3.63, 3.8) is 0 Å². The number of carbonyl (C=O) groups excluding carboxylic acids is 3. The first-order valence-corrected chi connectivity index (χ1v) is 24.4. The van der Waals surface area contributed by atoms with Crippen LogP contribution in [0, 0.1) is 18.6 Å². The number of aryl methyl sites for hydroxylation is 2. The van der Waals surface area contributed by atoms with Crippen LogP contribution in [0.4, 0.5) is 20.2 Å². The first kappa shape index (κ1) is 47.5. The average Bonchev–Trinajstić information content (AvgIpc) is 3.94. The van der Waals surface area contributed by atoms with Gasteiger partial charge in [0, 0.05) is 87.2 Å². The molecule has 3 amide bonds. The van der Waals surface area contributed by atoms with Crippen molar-refractivity contribution in [1.29, 1.82) is 0 Å². The number of piperidine rings is 2. The highest BCUT2D eigenvalue weighted by Gasteiger charge is 2.31. The number of amides is 3. The van der Waals surface area contributed by atoms with Crippen LogP contribution in [0.2, 0.25) is 0 Å². The molecule has 2 atom stereocenters. The summed E-state index contributed by atoms with van der Waals surface area (Å²) in [6, 6.07) is 15.8. The van der Waals surface area contributed by atoms with E-state index in [1.165, 1.54) is 28.5 Å². The molecule has 4 aromatic heterocycles. The van der Waals surface area contributed by atoms with Crippen LogP contribution in [0.1, 0.15) is 95.1 Å². The van der Waals surface area contributed by atoms with Crippen LogP contribution in [0.25, 0.3) is 22.3 Å². The number of imide groups is 1. The predicted octanol–water partition coefficient (Wildman–Crippen LogP) is 6.66. The molecule has 2 saturated heterocycles. The Morgan fingerprint density at radius 3 is 2.49 bits per heavy atom. The first-order valence-electron chi connectivity index (χ1n) is 24.4. The quantitative estimate of drug-likeness (QED) is 0.113. The molecule has 3 N–H and O–H groups in total. The van der Waals surface area contributed by atoms with Crippen molar-refractivity contribution >= 4 is 45.7 Å². The van der Waals surface area contributed by atoms with Crippen molar-refractivity contribution in [2.45, 2.75) is 83.6 Å². The van der Waals surface area contributed by atoms with E-state index in [9.17, 15) is 23.6 Å². The van der Waals surface area contributed by atoms with Gasteiger partial charge in [0.1, 0.15) is 23.3 Å². The average molecular weight is 968 g/mol. The number of likely N-dealkylation sites (tertiary alicyclic amines) is 1. The number of ether oxygens (including phenoxy) is 1. The lowest BCUT2D eigenvalue weighted by Gasteiger charge is -2.32. The topological polar surface area (TPSA) is 164 Å². The fourth-order valence-corrected chi connectivity index (χ4v) is 11.0. The van der Waals surface area contributed by atoms with E-state index in [4.69, 9.17) is 9.84 Å². The van der Waals surface area contributed by atoms with E-state index in [0.29, 0.717) is 98.2 Å². The molecule has 370 valence electrons. The molecule has 4 aliphatic rings. The number of hydrogen-bond donors (Lipinski definition) is 3. The third-order valence-electron chi connectivity index (χ3n) is 14.9. The van der Waals surface area contributed by atoms with E-state index >= 15 is 4.39 Å². The monoisotopic (exact) mass is 967 g/mol.